The molecule has 0 unspecified atom stereocenters. The number of allylic oxidation sites excluding steroid dienone is 2. The average Bonchev–Trinajstić information content (AvgIpc) is 3.02. The third-order valence-corrected chi connectivity index (χ3v) is 6.92. The van der Waals surface area contributed by atoms with Gasteiger partial charge in [0.1, 0.15) is 5.75 Å². The Hall–Kier alpha value is -4.32. The van der Waals surface area contributed by atoms with Crippen molar-refractivity contribution < 1.29 is 23.8 Å². The lowest BCUT2D eigenvalue weighted by Gasteiger charge is -2.26. The molecule has 0 bridgehead atoms. The summed E-state index contributed by atoms with van der Waals surface area (Å²) in [7, 11) is 1.66. The molecule has 0 fully saturated rings. The number of nitrogens with zero attached hydrogens (tertiary/aromatic N) is 1. The fourth-order valence-corrected chi connectivity index (χ4v) is 4.15. The molecule has 6 heteroatoms. The second kappa shape index (κ2) is 16.1. The van der Waals surface area contributed by atoms with E-state index in [0.29, 0.717) is 24.4 Å². The molecule has 6 nitrogen and oxygen atoms in total. The van der Waals surface area contributed by atoms with Gasteiger partial charge >= 0.3 is 11.9 Å². The van der Waals surface area contributed by atoms with Gasteiger partial charge in [0.2, 0.25) is 0 Å². The lowest BCUT2D eigenvalue weighted by molar-refractivity contribution is -0.139. The Morgan fingerprint density at radius 1 is 0.634 bits per heavy atom. The average molecular weight is 556 g/mol. The Labute approximate surface area is 244 Å². The topological polar surface area (TPSA) is 65.1 Å². The van der Waals surface area contributed by atoms with Crippen LogP contribution in [0.25, 0.3) is 0 Å². The maximum atomic E-state index is 11.8. The standard InChI is InChI=1S/C35H41NO5/c1-6-26(3)34(37)40-24-8-10-28-12-16-30(17-13-28)36(32-20-22-33(39-5)23-21-32)31-18-14-29(15-19-31)11-9-25-41-35(38)27(4)7-2/h6-7,12-23H,8-11,24-25H2,1-5H3. The van der Waals surface area contributed by atoms with E-state index in [1.54, 1.807) is 33.1 Å². The second-order valence-corrected chi connectivity index (χ2v) is 9.79. The van der Waals surface area contributed by atoms with Crippen molar-refractivity contribution in [2.24, 2.45) is 0 Å². The van der Waals surface area contributed by atoms with Gasteiger partial charge in [0.15, 0.2) is 0 Å². The number of aryl methyl sites for hydroxylation is 2. The van der Waals surface area contributed by atoms with E-state index < -0.39 is 0 Å². The van der Waals surface area contributed by atoms with Crippen molar-refractivity contribution in [3.8, 4) is 5.75 Å². The van der Waals surface area contributed by atoms with E-state index in [-0.39, 0.29) is 11.9 Å². The van der Waals surface area contributed by atoms with Gasteiger partial charge in [-0.1, -0.05) is 36.4 Å². The zero-order valence-corrected chi connectivity index (χ0v) is 24.8. The van der Waals surface area contributed by atoms with Crippen LogP contribution in [-0.4, -0.2) is 32.3 Å². The summed E-state index contributed by atoms with van der Waals surface area (Å²) >= 11 is 0. The summed E-state index contributed by atoms with van der Waals surface area (Å²) < 4.78 is 16.0. The molecule has 0 aliphatic carbocycles. The van der Waals surface area contributed by atoms with E-state index >= 15 is 0 Å². The Morgan fingerprint density at radius 3 is 1.34 bits per heavy atom. The monoisotopic (exact) mass is 555 g/mol. The van der Waals surface area contributed by atoms with Crippen molar-refractivity contribution in [1.82, 2.24) is 0 Å². The Morgan fingerprint density at radius 2 is 1.00 bits per heavy atom. The fraction of sp³-hybridized carbons (Fsp3) is 0.314. The van der Waals surface area contributed by atoms with Crippen LogP contribution in [0.2, 0.25) is 0 Å². The van der Waals surface area contributed by atoms with E-state index in [9.17, 15) is 9.59 Å². The summed E-state index contributed by atoms with van der Waals surface area (Å²) in [6.45, 7) is 7.97. The van der Waals surface area contributed by atoms with Gasteiger partial charge in [-0.25, -0.2) is 9.59 Å². The summed E-state index contributed by atoms with van der Waals surface area (Å²) in [6.07, 6.45) is 6.69. The number of hydrogen-bond donors (Lipinski definition) is 0. The van der Waals surface area contributed by atoms with Crippen molar-refractivity contribution in [2.75, 3.05) is 25.2 Å². The highest BCUT2D eigenvalue weighted by atomic mass is 16.5. The van der Waals surface area contributed by atoms with Gasteiger partial charge < -0.3 is 19.1 Å². The van der Waals surface area contributed by atoms with E-state index in [4.69, 9.17) is 14.2 Å². The normalized spacial score (nSPS) is 11.6. The Kier molecular flexibility index (Phi) is 12.2. The minimum absolute atomic E-state index is 0.257. The predicted octanol–water partition coefficient (Wildman–Crippen LogP) is 8.05. The number of rotatable bonds is 14. The van der Waals surface area contributed by atoms with Gasteiger partial charge in [0.05, 0.1) is 20.3 Å². The summed E-state index contributed by atoms with van der Waals surface area (Å²) in [4.78, 5) is 25.9. The number of anilines is 3. The fourth-order valence-electron chi connectivity index (χ4n) is 4.15. The van der Waals surface area contributed by atoms with Crippen LogP contribution in [0.15, 0.2) is 96.1 Å². The Balaban J connectivity index is 1.69. The smallest absolute Gasteiger partial charge is 0.333 e. The zero-order valence-electron chi connectivity index (χ0n) is 24.8. The van der Waals surface area contributed by atoms with Crippen LogP contribution in [0.1, 0.15) is 51.7 Å². The largest absolute Gasteiger partial charge is 0.497 e. The van der Waals surface area contributed by atoms with Crippen molar-refractivity contribution in [1.29, 1.82) is 0 Å². The van der Waals surface area contributed by atoms with E-state index in [2.05, 4.69) is 53.4 Å². The molecule has 3 aromatic carbocycles. The summed E-state index contributed by atoms with van der Waals surface area (Å²) in [5.41, 5.74) is 6.71. The van der Waals surface area contributed by atoms with E-state index in [1.165, 1.54) is 11.1 Å². The van der Waals surface area contributed by atoms with Crippen LogP contribution in [0.4, 0.5) is 17.1 Å². The minimum Gasteiger partial charge on any atom is -0.497 e. The first-order chi connectivity index (χ1) is 19.9. The highest BCUT2D eigenvalue weighted by Gasteiger charge is 2.13. The lowest BCUT2D eigenvalue weighted by Crippen LogP contribution is -2.10. The molecule has 0 radical (unpaired) electrons. The number of benzene rings is 3. The molecule has 0 saturated carbocycles. The minimum atomic E-state index is -0.257. The molecule has 0 amide bonds. The maximum absolute atomic E-state index is 11.8. The van der Waals surface area contributed by atoms with Gasteiger partial charge in [-0.15, -0.1) is 0 Å². The highest BCUT2D eigenvalue weighted by molar-refractivity contribution is 5.88. The van der Waals surface area contributed by atoms with Gasteiger partial charge in [-0.3, -0.25) is 0 Å². The molecular formula is C35H41NO5. The van der Waals surface area contributed by atoms with Crippen LogP contribution in [0.5, 0.6) is 5.75 Å². The molecule has 0 saturated heterocycles. The summed E-state index contributed by atoms with van der Waals surface area (Å²) in [6, 6.07) is 24.9. The highest BCUT2D eigenvalue weighted by Crippen LogP contribution is 2.35. The number of carbonyl (C=O) groups is 2. The number of ether oxygens (including phenoxy) is 3. The van der Waals surface area contributed by atoms with Crippen LogP contribution >= 0.6 is 0 Å². The van der Waals surface area contributed by atoms with Crippen LogP contribution in [-0.2, 0) is 31.9 Å². The summed E-state index contributed by atoms with van der Waals surface area (Å²) in [5.74, 6) is 0.286. The molecule has 0 atom stereocenters. The van der Waals surface area contributed by atoms with Crippen LogP contribution < -0.4 is 9.64 Å². The van der Waals surface area contributed by atoms with Crippen LogP contribution in [0, 0.1) is 0 Å². The molecule has 41 heavy (non-hydrogen) atoms. The van der Waals surface area contributed by atoms with E-state index in [1.807, 2.05) is 38.1 Å². The first-order valence-corrected chi connectivity index (χ1v) is 14.1. The quantitative estimate of drug-likeness (QED) is 0.114. The molecule has 3 aromatic rings. The maximum Gasteiger partial charge on any atom is 0.333 e. The third-order valence-electron chi connectivity index (χ3n) is 6.92. The van der Waals surface area contributed by atoms with E-state index in [0.717, 1.165) is 48.5 Å². The molecule has 0 spiro atoms. The molecule has 0 aliphatic rings. The van der Waals surface area contributed by atoms with Gasteiger partial charge in [-0.05, 0) is 113 Å². The first-order valence-electron chi connectivity index (χ1n) is 14.1. The number of methoxy groups -OCH3 is 1. The first kappa shape index (κ1) is 31.2. The number of hydrogen-bond acceptors (Lipinski definition) is 6. The number of esters is 2. The van der Waals surface area contributed by atoms with Gasteiger partial charge in [0, 0.05) is 28.2 Å². The van der Waals surface area contributed by atoms with Gasteiger partial charge in [0.25, 0.3) is 0 Å². The molecule has 216 valence electrons. The SMILES string of the molecule is CC=C(C)C(=O)OCCCc1ccc(N(c2ccc(CCCOC(=O)C(C)=CC)cc2)c2ccc(OC)cc2)cc1. The second-order valence-electron chi connectivity index (χ2n) is 9.79. The van der Waals surface area contributed by atoms with Crippen molar-refractivity contribution in [2.45, 2.75) is 53.4 Å². The van der Waals surface area contributed by atoms with Gasteiger partial charge in [-0.2, -0.15) is 0 Å². The molecule has 0 N–H and O–H groups in total. The van der Waals surface area contributed by atoms with Crippen molar-refractivity contribution in [3.05, 3.63) is 107 Å². The third kappa shape index (κ3) is 9.38. The molecule has 0 heterocycles. The predicted molar refractivity (Wildman–Crippen MR) is 165 cm³/mol. The zero-order chi connectivity index (χ0) is 29.6. The Bertz CT molecular complexity index is 1240. The summed E-state index contributed by atoms with van der Waals surface area (Å²) in [5, 5.41) is 0. The lowest BCUT2D eigenvalue weighted by atomic mass is 10.1. The van der Waals surface area contributed by atoms with Crippen molar-refractivity contribution in [3.63, 3.8) is 0 Å². The van der Waals surface area contributed by atoms with Crippen LogP contribution in [0.3, 0.4) is 0 Å². The number of carbonyl (C=O) groups excluding carboxylic acids is 2. The molecule has 0 aromatic heterocycles. The molecule has 3 rings (SSSR count). The molecule has 0 aliphatic heterocycles. The van der Waals surface area contributed by atoms with Crippen molar-refractivity contribution >= 4 is 29.0 Å². The molecular weight excluding hydrogens is 514 g/mol.